The van der Waals surface area contributed by atoms with Crippen molar-refractivity contribution in [2.45, 2.75) is 77.6 Å². The summed E-state index contributed by atoms with van der Waals surface area (Å²) in [5, 5.41) is 0. The standard InChI is InChI=1S/C28H36O/c1-3-5-6-7-8-23-9-11-24(12-10-23)13-14-25-15-17-26(18-16-25)27-19-21-28(22-20-27)29-4-2/h9-12,19-22,25-26H,3-8,15-18H2,1-2H3/t25-,26-. The lowest BCUT2D eigenvalue weighted by Crippen LogP contribution is -2.12. The van der Waals surface area contributed by atoms with Crippen molar-refractivity contribution in [2.24, 2.45) is 5.92 Å². The molecule has 2 aromatic carbocycles. The maximum atomic E-state index is 5.56. The molecule has 3 rings (SSSR count). The summed E-state index contributed by atoms with van der Waals surface area (Å²) in [7, 11) is 0. The number of hydrogen-bond acceptors (Lipinski definition) is 1. The Balaban J connectivity index is 1.45. The number of benzene rings is 2. The second-order valence-electron chi connectivity index (χ2n) is 8.33. The number of unbranched alkanes of at least 4 members (excludes halogenated alkanes) is 3. The summed E-state index contributed by atoms with van der Waals surface area (Å²) in [5.41, 5.74) is 4.06. The highest BCUT2D eigenvalue weighted by Crippen LogP contribution is 2.36. The van der Waals surface area contributed by atoms with Crippen LogP contribution in [0.2, 0.25) is 0 Å². The molecule has 1 heteroatoms. The quantitative estimate of drug-likeness (QED) is 0.335. The van der Waals surface area contributed by atoms with Crippen LogP contribution < -0.4 is 4.74 Å². The molecule has 1 fully saturated rings. The van der Waals surface area contributed by atoms with E-state index >= 15 is 0 Å². The molecular weight excluding hydrogens is 352 g/mol. The smallest absolute Gasteiger partial charge is 0.119 e. The number of hydrogen-bond donors (Lipinski definition) is 0. The molecule has 0 aromatic heterocycles. The number of rotatable bonds is 8. The second-order valence-corrected chi connectivity index (χ2v) is 8.33. The Morgan fingerprint density at radius 1 is 0.828 bits per heavy atom. The van der Waals surface area contributed by atoms with Crippen LogP contribution in [0.3, 0.4) is 0 Å². The molecule has 0 unspecified atom stereocenters. The molecule has 0 heterocycles. The molecule has 1 nitrogen and oxygen atoms in total. The minimum absolute atomic E-state index is 0.544. The van der Waals surface area contributed by atoms with Gasteiger partial charge in [0.2, 0.25) is 0 Å². The van der Waals surface area contributed by atoms with E-state index in [0.717, 1.165) is 17.9 Å². The van der Waals surface area contributed by atoms with E-state index in [4.69, 9.17) is 4.74 Å². The van der Waals surface area contributed by atoms with Crippen molar-refractivity contribution in [1.29, 1.82) is 0 Å². The third-order valence-electron chi connectivity index (χ3n) is 6.08. The molecule has 0 amide bonds. The van der Waals surface area contributed by atoms with E-state index in [2.05, 4.69) is 67.3 Å². The lowest BCUT2D eigenvalue weighted by atomic mass is 9.79. The fraction of sp³-hybridized carbons (Fsp3) is 0.500. The van der Waals surface area contributed by atoms with Gasteiger partial charge >= 0.3 is 0 Å². The first kappa shape index (κ1) is 21.5. The lowest BCUT2D eigenvalue weighted by Gasteiger charge is -2.26. The molecule has 0 bridgehead atoms. The summed E-state index contributed by atoms with van der Waals surface area (Å²) in [4.78, 5) is 0. The maximum Gasteiger partial charge on any atom is 0.119 e. The summed E-state index contributed by atoms with van der Waals surface area (Å²) < 4.78 is 5.56. The molecule has 0 spiro atoms. The zero-order chi connectivity index (χ0) is 20.3. The van der Waals surface area contributed by atoms with Crippen LogP contribution in [0.5, 0.6) is 5.75 Å². The van der Waals surface area contributed by atoms with E-state index in [0.29, 0.717) is 11.8 Å². The Morgan fingerprint density at radius 2 is 1.55 bits per heavy atom. The molecule has 29 heavy (non-hydrogen) atoms. The van der Waals surface area contributed by atoms with Gasteiger partial charge in [0.1, 0.15) is 5.75 Å². The van der Waals surface area contributed by atoms with E-state index < -0.39 is 0 Å². The van der Waals surface area contributed by atoms with Crippen molar-refractivity contribution in [1.82, 2.24) is 0 Å². The molecule has 0 saturated heterocycles. The van der Waals surface area contributed by atoms with Gasteiger partial charge in [-0.1, -0.05) is 62.3 Å². The first-order chi connectivity index (χ1) is 14.3. The maximum absolute atomic E-state index is 5.56. The first-order valence-corrected chi connectivity index (χ1v) is 11.6. The topological polar surface area (TPSA) is 9.23 Å². The predicted octanol–water partition coefficient (Wildman–Crippen LogP) is 7.53. The van der Waals surface area contributed by atoms with Crippen molar-refractivity contribution in [3.63, 3.8) is 0 Å². The van der Waals surface area contributed by atoms with Crippen molar-refractivity contribution in [2.75, 3.05) is 6.61 Å². The van der Waals surface area contributed by atoms with Gasteiger partial charge in [0.05, 0.1) is 6.61 Å². The van der Waals surface area contributed by atoms with Crippen LogP contribution in [0.15, 0.2) is 48.5 Å². The molecule has 1 aliphatic rings. The summed E-state index contributed by atoms with van der Waals surface area (Å²) in [6.45, 7) is 5.02. The van der Waals surface area contributed by atoms with Gasteiger partial charge in [0.25, 0.3) is 0 Å². The van der Waals surface area contributed by atoms with Crippen molar-refractivity contribution >= 4 is 0 Å². The Bertz CT molecular complexity index is 768. The van der Waals surface area contributed by atoms with Crippen molar-refractivity contribution in [3.8, 4) is 17.6 Å². The molecule has 154 valence electrons. The molecule has 0 aliphatic heterocycles. The summed E-state index contributed by atoms with van der Waals surface area (Å²) in [5.74, 6) is 9.17. The second kappa shape index (κ2) is 11.7. The van der Waals surface area contributed by atoms with Gasteiger partial charge in [-0.3, -0.25) is 0 Å². The van der Waals surface area contributed by atoms with Crippen LogP contribution >= 0.6 is 0 Å². The molecule has 2 aromatic rings. The van der Waals surface area contributed by atoms with Crippen LogP contribution in [-0.2, 0) is 6.42 Å². The first-order valence-electron chi connectivity index (χ1n) is 11.6. The normalized spacial score (nSPS) is 18.7. The molecule has 0 atom stereocenters. The molecule has 0 radical (unpaired) electrons. The number of ether oxygens (including phenoxy) is 1. The van der Waals surface area contributed by atoms with Gasteiger partial charge < -0.3 is 4.74 Å². The minimum Gasteiger partial charge on any atom is -0.494 e. The Morgan fingerprint density at radius 3 is 2.21 bits per heavy atom. The molecule has 1 saturated carbocycles. The monoisotopic (exact) mass is 388 g/mol. The zero-order valence-electron chi connectivity index (χ0n) is 18.3. The minimum atomic E-state index is 0.544. The Labute approximate surface area is 177 Å². The highest BCUT2D eigenvalue weighted by atomic mass is 16.5. The van der Waals surface area contributed by atoms with E-state index in [9.17, 15) is 0 Å². The van der Waals surface area contributed by atoms with Gasteiger partial charge in [-0.2, -0.15) is 0 Å². The van der Waals surface area contributed by atoms with E-state index in [-0.39, 0.29) is 0 Å². The largest absolute Gasteiger partial charge is 0.494 e. The van der Waals surface area contributed by atoms with Gasteiger partial charge in [-0.25, -0.2) is 0 Å². The van der Waals surface area contributed by atoms with Crippen molar-refractivity contribution < 1.29 is 4.74 Å². The molecule has 1 aliphatic carbocycles. The van der Waals surface area contributed by atoms with Crippen LogP contribution in [0.1, 0.15) is 87.8 Å². The molecular formula is C28H36O. The average molecular weight is 389 g/mol. The SMILES string of the molecule is CCCCCCc1ccc(C#C[C@H]2CC[C@H](c3ccc(OCC)cc3)CC2)cc1. The van der Waals surface area contributed by atoms with Crippen LogP contribution in [0.25, 0.3) is 0 Å². The van der Waals surface area contributed by atoms with Crippen molar-refractivity contribution in [3.05, 3.63) is 65.2 Å². The third kappa shape index (κ3) is 6.97. The third-order valence-corrected chi connectivity index (χ3v) is 6.08. The predicted molar refractivity (Wildman–Crippen MR) is 123 cm³/mol. The van der Waals surface area contributed by atoms with E-state index in [1.54, 1.807) is 0 Å². The highest BCUT2D eigenvalue weighted by molar-refractivity contribution is 5.37. The lowest BCUT2D eigenvalue weighted by molar-refractivity contribution is 0.339. The Hall–Kier alpha value is -2.20. The summed E-state index contributed by atoms with van der Waals surface area (Å²) in [6, 6.07) is 17.6. The summed E-state index contributed by atoms with van der Waals surface area (Å²) in [6.07, 6.45) is 11.4. The zero-order valence-corrected chi connectivity index (χ0v) is 18.3. The van der Waals surface area contributed by atoms with Crippen LogP contribution in [0.4, 0.5) is 0 Å². The Kier molecular flexibility index (Phi) is 8.69. The van der Waals surface area contributed by atoms with Gasteiger partial charge in [-0.05, 0) is 86.8 Å². The van der Waals surface area contributed by atoms with Crippen LogP contribution in [0, 0.1) is 17.8 Å². The van der Waals surface area contributed by atoms with Gasteiger partial charge in [0, 0.05) is 11.5 Å². The van der Waals surface area contributed by atoms with E-state index in [1.165, 1.54) is 68.9 Å². The van der Waals surface area contributed by atoms with Gasteiger partial charge in [-0.15, -0.1) is 0 Å². The molecule has 0 N–H and O–H groups in total. The van der Waals surface area contributed by atoms with Crippen LogP contribution in [-0.4, -0.2) is 6.61 Å². The van der Waals surface area contributed by atoms with E-state index in [1.807, 2.05) is 6.92 Å². The fourth-order valence-electron chi connectivity index (χ4n) is 4.27. The highest BCUT2D eigenvalue weighted by Gasteiger charge is 2.21. The van der Waals surface area contributed by atoms with Gasteiger partial charge in [0.15, 0.2) is 0 Å². The fourth-order valence-corrected chi connectivity index (χ4v) is 4.27. The number of aryl methyl sites for hydroxylation is 1. The summed E-state index contributed by atoms with van der Waals surface area (Å²) >= 11 is 0. The average Bonchev–Trinajstić information content (AvgIpc) is 2.77.